The van der Waals surface area contributed by atoms with Gasteiger partial charge in [0.05, 0.1) is 11.4 Å². The van der Waals surface area contributed by atoms with Crippen molar-refractivity contribution < 1.29 is 13.2 Å². The highest BCUT2D eigenvalue weighted by molar-refractivity contribution is 7.89. The predicted octanol–water partition coefficient (Wildman–Crippen LogP) is 3.24. The Morgan fingerprint density at radius 2 is 1.74 bits per heavy atom. The van der Waals surface area contributed by atoms with Crippen LogP contribution in [-0.2, 0) is 26.7 Å². The smallest absolute Gasteiger partial charge is 0.242 e. The van der Waals surface area contributed by atoms with Gasteiger partial charge in [-0.3, -0.25) is 4.79 Å². The molecule has 0 saturated carbocycles. The number of rotatable bonds is 4. The molecule has 0 bridgehead atoms. The molecule has 6 heteroatoms. The lowest BCUT2D eigenvalue weighted by Gasteiger charge is -2.29. The monoisotopic (exact) mass is 386 g/mol. The van der Waals surface area contributed by atoms with Gasteiger partial charge in [-0.1, -0.05) is 51.1 Å². The Hall–Kier alpha value is -2.18. The molecule has 1 heterocycles. The molecule has 5 nitrogen and oxygen atoms in total. The van der Waals surface area contributed by atoms with Crippen molar-refractivity contribution in [3.05, 3.63) is 59.7 Å². The van der Waals surface area contributed by atoms with E-state index in [0.717, 1.165) is 29.7 Å². The first-order valence-electron chi connectivity index (χ1n) is 9.17. The molecule has 1 aliphatic heterocycles. The highest BCUT2D eigenvalue weighted by Gasteiger charge is 2.24. The first kappa shape index (κ1) is 19.6. The third-order valence-electron chi connectivity index (χ3n) is 4.86. The summed E-state index contributed by atoms with van der Waals surface area (Å²) < 4.78 is 27.5. The second kappa shape index (κ2) is 7.44. The molecule has 0 radical (unpaired) electrons. The van der Waals surface area contributed by atoms with Crippen LogP contribution < -0.4 is 9.62 Å². The fourth-order valence-electron chi connectivity index (χ4n) is 3.26. The van der Waals surface area contributed by atoms with Crippen LogP contribution in [0.3, 0.4) is 0 Å². The summed E-state index contributed by atoms with van der Waals surface area (Å²) in [5.41, 5.74) is 3.01. The van der Waals surface area contributed by atoms with Gasteiger partial charge < -0.3 is 4.90 Å². The van der Waals surface area contributed by atoms with Gasteiger partial charge in [-0.2, -0.15) is 0 Å². The molecule has 2 aromatic rings. The third-order valence-corrected chi connectivity index (χ3v) is 6.27. The van der Waals surface area contributed by atoms with Crippen LogP contribution in [0.25, 0.3) is 0 Å². The quantitative estimate of drug-likeness (QED) is 0.877. The van der Waals surface area contributed by atoms with Crippen molar-refractivity contribution in [2.75, 3.05) is 18.0 Å². The number of carbonyl (C=O) groups is 1. The number of amides is 1. The Labute approximate surface area is 161 Å². The summed E-state index contributed by atoms with van der Waals surface area (Å²) in [6, 6.07) is 14.6. The summed E-state index contributed by atoms with van der Waals surface area (Å²) in [4.78, 5) is 14.5. The van der Waals surface area contributed by atoms with E-state index in [4.69, 9.17) is 0 Å². The molecule has 0 fully saturated rings. The molecule has 0 unspecified atom stereocenters. The van der Waals surface area contributed by atoms with E-state index in [1.165, 1.54) is 0 Å². The minimum absolute atomic E-state index is 0.0483. The van der Waals surface area contributed by atoms with Gasteiger partial charge in [-0.15, -0.1) is 0 Å². The lowest BCUT2D eigenvalue weighted by atomic mass is 9.87. The molecule has 1 amide bonds. The van der Waals surface area contributed by atoms with Crippen LogP contribution in [0.5, 0.6) is 0 Å². The average Bonchev–Trinajstić information content (AvgIpc) is 2.65. The number of anilines is 1. The van der Waals surface area contributed by atoms with Crippen molar-refractivity contribution in [2.24, 2.45) is 0 Å². The van der Waals surface area contributed by atoms with E-state index >= 15 is 0 Å². The van der Waals surface area contributed by atoms with E-state index in [2.05, 4.69) is 25.5 Å². The first-order chi connectivity index (χ1) is 12.7. The summed E-state index contributed by atoms with van der Waals surface area (Å²) >= 11 is 0. The number of carbonyl (C=O) groups excluding carboxylic acids is 1. The predicted molar refractivity (Wildman–Crippen MR) is 107 cm³/mol. The number of nitrogens with one attached hydrogen (secondary N) is 1. The van der Waals surface area contributed by atoms with Crippen LogP contribution in [0.4, 0.5) is 5.69 Å². The molecule has 0 saturated heterocycles. The summed E-state index contributed by atoms with van der Waals surface area (Å²) in [5, 5.41) is 0. The zero-order chi connectivity index (χ0) is 19.7. The number of sulfonamides is 1. The maximum atomic E-state index is 12.6. The first-order valence-corrected chi connectivity index (χ1v) is 10.7. The maximum absolute atomic E-state index is 12.6. The number of benzene rings is 2. The molecule has 1 aliphatic rings. The second-order valence-electron chi connectivity index (χ2n) is 7.88. The second-order valence-corrected chi connectivity index (χ2v) is 9.64. The molecular formula is C21H26N2O3S. The van der Waals surface area contributed by atoms with Gasteiger partial charge in [0, 0.05) is 12.2 Å². The van der Waals surface area contributed by atoms with Gasteiger partial charge in [-0.05, 0) is 47.6 Å². The normalized spacial score (nSPS) is 14.7. The van der Waals surface area contributed by atoms with Crippen LogP contribution in [0.2, 0.25) is 0 Å². The van der Waals surface area contributed by atoms with Crippen molar-refractivity contribution in [2.45, 2.75) is 43.9 Å². The zero-order valence-corrected chi connectivity index (χ0v) is 16.8. The van der Waals surface area contributed by atoms with Gasteiger partial charge in [0.25, 0.3) is 0 Å². The molecule has 0 aromatic heterocycles. The molecule has 0 atom stereocenters. The molecule has 1 N–H and O–H groups in total. The number of para-hydroxylation sites is 1. The van der Waals surface area contributed by atoms with Crippen molar-refractivity contribution in [3.8, 4) is 0 Å². The molecule has 144 valence electrons. The van der Waals surface area contributed by atoms with E-state index in [-0.39, 0.29) is 22.8 Å². The van der Waals surface area contributed by atoms with E-state index < -0.39 is 10.0 Å². The van der Waals surface area contributed by atoms with Crippen LogP contribution in [-0.4, -0.2) is 27.4 Å². The van der Waals surface area contributed by atoms with E-state index in [1.807, 2.05) is 36.4 Å². The SMILES string of the molecule is CC(C)(C)c1ccc(S(=O)(=O)NCC(=O)N2CCCc3ccccc32)cc1. The standard InChI is InChI=1S/C21H26N2O3S/c1-21(2,3)17-10-12-18(13-11-17)27(25,26)22-15-20(24)23-14-6-8-16-7-4-5-9-19(16)23/h4-5,7,9-13,22H,6,8,14-15H2,1-3H3. The number of hydrogen-bond donors (Lipinski definition) is 1. The summed E-state index contributed by atoms with van der Waals surface area (Å²) in [5.74, 6) is -0.239. The number of aryl methyl sites for hydroxylation is 1. The fourth-order valence-corrected chi connectivity index (χ4v) is 4.24. The van der Waals surface area contributed by atoms with E-state index in [1.54, 1.807) is 17.0 Å². The third kappa shape index (κ3) is 4.39. The van der Waals surface area contributed by atoms with Crippen LogP contribution in [0.1, 0.15) is 38.3 Å². The highest BCUT2D eigenvalue weighted by atomic mass is 32.2. The van der Waals surface area contributed by atoms with Crippen molar-refractivity contribution in [3.63, 3.8) is 0 Å². The molecule has 3 rings (SSSR count). The van der Waals surface area contributed by atoms with Crippen molar-refractivity contribution in [1.82, 2.24) is 4.72 Å². The Morgan fingerprint density at radius 1 is 1.07 bits per heavy atom. The fraction of sp³-hybridized carbons (Fsp3) is 0.381. The topological polar surface area (TPSA) is 66.5 Å². The van der Waals surface area contributed by atoms with Gasteiger partial charge in [0.2, 0.25) is 15.9 Å². The minimum atomic E-state index is -3.73. The van der Waals surface area contributed by atoms with E-state index in [0.29, 0.717) is 6.54 Å². The minimum Gasteiger partial charge on any atom is -0.311 e. The summed E-state index contributed by atoms with van der Waals surface area (Å²) in [7, 11) is -3.73. The Balaban J connectivity index is 1.70. The molecule has 2 aromatic carbocycles. The van der Waals surface area contributed by atoms with Gasteiger partial charge in [-0.25, -0.2) is 13.1 Å². The Kier molecular flexibility index (Phi) is 5.40. The van der Waals surface area contributed by atoms with Crippen LogP contribution in [0, 0.1) is 0 Å². The number of fused-ring (bicyclic) bond motifs is 1. The number of nitrogens with zero attached hydrogens (tertiary/aromatic N) is 1. The average molecular weight is 387 g/mol. The molecule has 0 aliphatic carbocycles. The van der Waals surface area contributed by atoms with Gasteiger partial charge in [0.1, 0.15) is 0 Å². The summed E-state index contributed by atoms with van der Waals surface area (Å²) in [6.07, 6.45) is 1.82. The zero-order valence-electron chi connectivity index (χ0n) is 16.0. The van der Waals surface area contributed by atoms with Gasteiger partial charge >= 0.3 is 0 Å². The van der Waals surface area contributed by atoms with E-state index in [9.17, 15) is 13.2 Å². The van der Waals surface area contributed by atoms with Crippen LogP contribution >= 0.6 is 0 Å². The molecule has 0 spiro atoms. The summed E-state index contributed by atoms with van der Waals surface area (Å²) in [6.45, 7) is 6.58. The Bertz CT molecular complexity index is 929. The van der Waals surface area contributed by atoms with Crippen molar-refractivity contribution >= 4 is 21.6 Å². The number of hydrogen-bond acceptors (Lipinski definition) is 3. The lowest BCUT2D eigenvalue weighted by Crippen LogP contribution is -2.42. The Morgan fingerprint density at radius 3 is 2.41 bits per heavy atom. The molecular weight excluding hydrogens is 360 g/mol. The highest BCUT2D eigenvalue weighted by Crippen LogP contribution is 2.27. The van der Waals surface area contributed by atoms with Gasteiger partial charge in [0.15, 0.2) is 0 Å². The van der Waals surface area contributed by atoms with Crippen molar-refractivity contribution in [1.29, 1.82) is 0 Å². The van der Waals surface area contributed by atoms with Crippen LogP contribution in [0.15, 0.2) is 53.4 Å². The molecule has 27 heavy (non-hydrogen) atoms. The maximum Gasteiger partial charge on any atom is 0.242 e. The largest absolute Gasteiger partial charge is 0.311 e. The lowest BCUT2D eigenvalue weighted by molar-refractivity contribution is -0.117.